The van der Waals surface area contributed by atoms with Crippen LogP contribution in [0.1, 0.15) is 49.3 Å². The summed E-state index contributed by atoms with van der Waals surface area (Å²) in [7, 11) is 0. The maximum Gasteiger partial charge on any atom is 0.129 e. The van der Waals surface area contributed by atoms with Crippen molar-refractivity contribution >= 4 is 5.57 Å². The summed E-state index contributed by atoms with van der Waals surface area (Å²) in [5.74, 6) is -0.933. The number of halogens is 2. The van der Waals surface area contributed by atoms with Gasteiger partial charge in [0, 0.05) is 18.7 Å². The summed E-state index contributed by atoms with van der Waals surface area (Å²) in [5.41, 5.74) is 2.44. The van der Waals surface area contributed by atoms with Gasteiger partial charge in [0.05, 0.1) is 19.8 Å². The second kappa shape index (κ2) is 10.0. The molecule has 0 aromatic heterocycles. The molecule has 2 aliphatic rings. The van der Waals surface area contributed by atoms with Crippen LogP contribution in [-0.2, 0) is 22.5 Å². The number of nitrogens with zero attached hydrogens (tertiary/aromatic N) is 1. The number of benzene rings is 2. The van der Waals surface area contributed by atoms with Gasteiger partial charge in [-0.1, -0.05) is 36.4 Å². The Morgan fingerprint density at radius 1 is 1.10 bits per heavy atom. The van der Waals surface area contributed by atoms with Crippen LogP contribution in [0.2, 0.25) is 0 Å². The molecule has 0 N–H and O–H groups in total. The molecule has 2 aromatic carbocycles. The van der Waals surface area contributed by atoms with E-state index < -0.39 is 17.4 Å². The zero-order valence-corrected chi connectivity index (χ0v) is 18.2. The molecule has 166 valence electrons. The van der Waals surface area contributed by atoms with Crippen molar-refractivity contribution in [1.29, 1.82) is 0 Å². The van der Waals surface area contributed by atoms with E-state index in [9.17, 15) is 8.78 Å². The number of likely N-dealkylation sites (tertiary alicyclic amines) is 1. The molecular weight excluding hydrogens is 396 g/mol. The van der Waals surface area contributed by atoms with Gasteiger partial charge in [-0.3, -0.25) is 4.90 Å². The zero-order chi connectivity index (χ0) is 21.7. The first-order valence-corrected chi connectivity index (χ1v) is 11.2. The number of rotatable bonds is 7. The van der Waals surface area contributed by atoms with Gasteiger partial charge in [0.15, 0.2) is 0 Å². The van der Waals surface area contributed by atoms with Gasteiger partial charge in [-0.2, -0.15) is 0 Å². The molecule has 0 amide bonds. The van der Waals surface area contributed by atoms with E-state index in [4.69, 9.17) is 9.47 Å². The van der Waals surface area contributed by atoms with Crippen LogP contribution in [0.15, 0.2) is 48.5 Å². The Labute approximate surface area is 183 Å². The van der Waals surface area contributed by atoms with Gasteiger partial charge in [-0.15, -0.1) is 0 Å². The van der Waals surface area contributed by atoms with Crippen molar-refractivity contribution in [2.24, 2.45) is 0 Å². The molecule has 2 heterocycles. The van der Waals surface area contributed by atoms with Crippen molar-refractivity contribution < 1.29 is 18.3 Å². The normalized spacial score (nSPS) is 22.4. The molecule has 3 nitrogen and oxygen atoms in total. The third kappa shape index (κ3) is 5.40. The molecule has 4 rings (SSSR count). The highest BCUT2D eigenvalue weighted by Gasteiger charge is 2.35. The van der Waals surface area contributed by atoms with Crippen molar-refractivity contribution in [2.75, 3.05) is 26.3 Å². The van der Waals surface area contributed by atoms with Gasteiger partial charge < -0.3 is 9.47 Å². The standard InChI is InChI=1S/C26H31F2NO2/c1-26(31-19-20-7-3-2-4-8-20)12-5-6-13-29(26)14-9-23-24(27)17-22(18-25(23)28)21-10-15-30-16-11-21/h2-4,7-8,10,17-18H,5-6,9,11-16,19H2,1H3. The second-order valence-electron chi connectivity index (χ2n) is 8.62. The highest BCUT2D eigenvalue weighted by Crippen LogP contribution is 2.31. The van der Waals surface area contributed by atoms with E-state index in [0.29, 0.717) is 44.8 Å². The van der Waals surface area contributed by atoms with Crippen LogP contribution in [0.4, 0.5) is 8.78 Å². The van der Waals surface area contributed by atoms with Crippen molar-refractivity contribution in [3.63, 3.8) is 0 Å². The first-order valence-electron chi connectivity index (χ1n) is 11.2. The first-order chi connectivity index (χ1) is 15.0. The van der Waals surface area contributed by atoms with Crippen LogP contribution >= 0.6 is 0 Å². The smallest absolute Gasteiger partial charge is 0.129 e. The molecule has 0 aliphatic carbocycles. The van der Waals surface area contributed by atoms with E-state index in [1.54, 1.807) is 0 Å². The van der Waals surface area contributed by atoms with E-state index >= 15 is 0 Å². The van der Waals surface area contributed by atoms with E-state index in [1.807, 2.05) is 24.3 Å². The molecule has 0 saturated carbocycles. The topological polar surface area (TPSA) is 21.7 Å². The number of ether oxygens (including phenoxy) is 2. The number of piperidine rings is 1. The first kappa shape index (κ1) is 22.1. The summed E-state index contributed by atoms with van der Waals surface area (Å²) < 4.78 is 41.3. The summed E-state index contributed by atoms with van der Waals surface area (Å²) in [6.45, 7) is 5.16. The molecule has 5 heteroatoms. The molecule has 0 spiro atoms. The lowest BCUT2D eigenvalue weighted by atomic mass is 9.96. The molecule has 2 aromatic rings. The van der Waals surface area contributed by atoms with Crippen molar-refractivity contribution in [3.05, 3.63) is 76.9 Å². The van der Waals surface area contributed by atoms with E-state index in [-0.39, 0.29) is 5.56 Å². The fraction of sp³-hybridized carbons (Fsp3) is 0.462. The van der Waals surface area contributed by atoms with Crippen LogP contribution < -0.4 is 0 Å². The number of hydrogen-bond acceptors (Lipinski definition) is 3. The van der Waals surface area contributed by atoms with Crippen molar-refractivity contribution in [2.45, 2.75) is 51.4 Å². The fourth-order valence-corrected chi connectivity index (χ4v) is 4.54. The third-order valence-corrected chi connectivity index (χ3v) is 6.49. The lowest BCUT2D eigenvalue weighted by Crippen LogP contribution is -2.52. The summed E-state index contributed by atoms with van der Waals surface area (Å²) in [6.07, 6.45) is 6.00. The predicted octanol–water partition coefficient (Wildman–Crippen LogP) is 5.73. The van der Waals surface area contributed by atoms with Crippen molar-refractivity contribution in [3.8, 4) is 0 Å². The third-order valence-electron chi connectivity index (χ3n) is 6.49. The van der Waals surface area contributed by atoms with Crippen LogP contribution in [0.3, 0.4) is 0 Å². The molecule has 31 heavy (non-hydrogen) atoms. The quantitative estimate of drug-likeness (QED) is 0.563. The van der Waals surface area contributed by atoms with E-state index in [1.165, 1.54) is 12.1 Å². The monoisotopic (exact) mass is 427 g/mol. The predicted molar refractivity (Wildman–Crippen MR) is 119 cm³/mol. The van der Waals surface area contributed by atoms with E-state index in [0.717, 1.165) is 36.9 Å². The van der Waals surface area contributed by atoms with Crippen LogP contribution in [0, 0.1) is 11.6 Å². The molecule has 0 bridgehead atoms. The van der Waals surface area contributed by atoms with Gasteiger partial charge in [0.1, 0.15) is 17.4 Å². The molecule has 1 unspecified atom stereocenters. The Hall–Kier alpha value is -2.08. The van der Waals surface area contributed by atoms with Gasteiger partial charge in [-0.25, -0.2) is 8.78 Å². The highest BCUT2D eigenvalue weighted by molar-refractivity contribution is 5.66. The lowest BCUT2D eigenvalue weighted by Gasteiger charge is -2.44. The molecule has 2 aliphatic heterocycles. The SMILES string of the molecule is CC1(OCc2ccccc2)CCCCN1CCc1c(F)cc(C2=CCOCC2)cc1F. The Morgan fingerprint density at radius 3 is 2.58 bits per heavy atom. The largest absolute Gasteiger partial charge is 0.377 e. The maximum absolute atomic E-state index is 14.8. The average Bonchev–Trinajstić information content (AvgIpc) is 2.79. The number of hydrogen-bond donors (Lipinski definition) is 0. The van der Waals surface area contributed by atoms with Gasteiger partial charge >= 0.3 is 0 Å². The second-order valence-corrected chi connectivity index (χ2v) is 8.62. The Bertz CT molecular complexity index is 892. The molecule has 1 atom stereocenters. The van der Waals surface area contributed by atoms with Crippen LogP contribution in [-0.4, -0.2) is 36.9 Å². The summed E-state index contributed by atoms with van der Waals surface area (Å²) in [4.78, 5) is 2.24. The summed E-state index contributed by atoms with van der Waals surface area (Å²) >= 11 is 0. The Balaban J connectivity index is 1.43. The highest BCUT2D eigenvalue weighted by atomic mass is 19.1. The van der Waals surface area contributed by atoms with E-state index in [2.05, 4.69) is 24.0 Å². The Kier molecular flexibility index (Phi) is 7.16. The Morgan fingerprint density at radius 2 is 1.87 bits per heavy atom. The minimum Gasteiger partial charge on any atom is -0.377 e. The summed E-state index contributed by atoms with van der Waals surface area (Å²) in [6, 6.07) is 13.0. The minimum absolute atomic E-state index is 0.160. The summed E-state index contributed by atoms with van der Waals surface area (Å²) in [5, 5.41) is 0. The fourth-order valence-electron chi connectivity index (χ4n) is 4.54. The molecule has 0 radical (unpaired) electrons. The lowest BCUT2D eigenvalue weighted by molar-refractivity contribution is -0.170. The zero-order valence-electron chi connectivity index (χ0n) is 18.2. The van der Waals surface area contributed by atoms with Crippen LogP contribution in [0.5, 0.6) is 0 Å². The molecule has 1 fully saturated rings. The maximum atomic E-state index is 14.8. The van der Waals surface area contributed by atoms with Gasteiger partial charge in [0.25, 0.3) is 0 Å². The molecule has 1 saturated heterocycles. The van der Waals surface area contributed by atoms with Gasteiger partial charge in [-0.05, 0) is 67.9 Å². The van der Waals surface area contributed by atoms with Gasteiger partial charge in [0.2, 0.25) is 0 Å². The average molecular weight is 428 g/mol. The minimum atomic E-state index is -0.466. The molecular formula is C26H31F2NO2. The van der Waals surface area contributed by atoms with Crippen LogP contribution in [0.25, 0.3) is 5.57 Å². The van der Waals surface area contributed by atoms with Crippen molar-refractivity contribution in [1.82, 2.24) is 4.90 Å².